The van der Waals surface area contributed by atoms with Gasteiger partial charge >= 0.3 is 0 Å². The number of phenols is 1. The van der Waals surface area contributed by atoms with Crippen LogP contribution in [0.3, 0.4) is 0 Å². The molecule has 11 heteroatoms. The van der Waals surface area contributed by atoms with Crippen molar-refractivity contribution in [2.75, 3.05) is 50.8 Å². The monoisotopic (exact) mass is 744 g/mol. The third-order valence-electron chi connectivity index (χ3n) is 11.1. The second-order valence-electron chi connectivity index (χ2n) is 14.6. The number of phenolic OH excluding ortho intramolecular Hbond substituents is 1. The van der Waals surface area contributed by atoms with Crippen molar-refractivity contribution in [3.8, 4) is 17.2 Å². The molecule has 3 unspecified atom stereocenters. The number of nitrogens with zero attached hydrogens (tertiary/aromatic N) is 3. The first-order chi connectivity index (χ1) is 26.8. The fraction of sp³-hybridized carbons (Fsp3) is 0.364. The van der Waals surface area contributed by atoms with E-state index in [0.29, 0.717) is 25.2 Å². The van der Waals surface area contributed by atoms with E-state index in [0.717, 1.165) is 85.2 Å². The zero-order valence-corrected chi connectivity index (χ0v) is 31.2. The van der Waals surface area contributed by atoms with Crippen molar-refractivity contribution in [1.29, 1.82) is 0 Å². The molecule has 2 saturated heterocycles. The minimum Gasteiger partial charge on any atom is -0.508 e. The van der Waals surface area contributed by atoms with E-state index in [4.69, 9.17) is 9.47 Å². The molecule has 0 spiro atoms. The van der Waals surface area contributed by atoms with Crippen LogP contribution in [-0.4, -0.2) is 91.0 Å². The molecule has 286 valence electrons. The Bertz CT molecular complexity index is 2000. The molecule has 0 aliphatic carbocycles. The molecule has 4 aromatic carbocycles. The zero-order chi connectivity index (χ0) is 38.3. The fourth-order valence-corrected chi connectivity index (χ4v) is 8.04. The number of carbonyl (C=O) groups excluding carboxylic acids is 4. The standard InChI is InChI=1S/C44H48N4O7/c1-30-26-33(12-16-36(30)44(53)48(29-49)39-18-19-41(51)45-43(39)52)47-23-21-46(22-24-47)20-6-3-7-25-54-35-14-10-32(11-15-35)42-37-17-13-34(50)27-40(37)55-28-38(42)31-8-4-2-5-9-31/h2,4-5,8-17,26-27,29,38-39,42,50H,3,6-7,18-25,28H2,1H3,(H,45,51,52). The molecule has 11 nitrogen and oxygen atoms in total. The molecule has 3 atom stereocenters. The van der Waals surface area contributed by atoms with Crippen LogP contribution >= 0.6 is 0 Å². The number of aromatic hydroxyl groups is 1. The maximum Gasteiger partial charge on any atom is 0.261 e. The minimum atomic E-state index is -0.991. The number of piperazine rings is 1. The summed E-state index contributed by atoms with van der Waals surface area (Å²) in [4.78, 5) is 54.6. The summed E-state index contributed by atoms with van der Waals surface area (Å²) in [5.74, 6) is 0.469. The quantitative estimate of drug-likeness (QED) is 0.0995. The summed E-state index contributed by atoms with van der Waals surface area (Å²) in [6.07, 6.45) is 3.74. The van der Waals surface area contributed by atoms with E-state index < -0.39 is 23.8 Å². The number of hydrogen-bond acceptors (Lipinski definition) is 9. The number of anilines is 1. The highest BCUT2D eigenvalue weighted by atomic mass is 16.5. The molecule has 3 aliphatic rings. The largest absolute Gasteiger partial charge is 0.508 e. The summed E-state index contributed by atoms with van der Waals surface area (Å²) in [6, 6.07) is 28.9. The summed E-state index contributed by atoms with van der Waals surface area (Å²) >= 11 is 0. The molecular weight excluding hydrogens is 697 g/mol. The van der Waals surface area contributed by atoms with E-state index in [1.807, 2.05) is 31.2 Å². The predicted molar refractivity (Wildman–Crippen MR) is 209 cm³/mol. The number of aryl methyl sites for hydroxylation is 1. The van der Waals surface area contributed by atoms with Gasteiger partial charge in [0.2, 0.25) is 18.2 Å². The minimum absolute atomic E-state index is 0.0846. The number of hydrogen-bond donors (Lipinski definition) is 2. The Morgan fingerprint density at radius 2 is 1.71 bits per heavy atom. The fourth-order valence-electron chi connectivity index (χ4n) is 8.04. The number of ether oxygens (including phenoxy) is 2. The van der Waals surface area contributed by atoms with Crippen molar-refractivity contribution in [3.05, 3.63) is 119 Å². The topological polar surface area (TPSA) is 129 Å². The smallest absolute Gasteiger partial charge is 0.261 e. The first kappa shape index (κ1) is 37.6. The number of carbonyl (C=O) groups is 4. The number of benzene rings is 4. The molecule has 0 aromatic heterocycles. The van der Waals surface area contributed by atoms with E-state index in [-0.39, 0.29) is 30.4 Å². The van der Waals surface area contributed by atoms with E-state index >= 15 is 0 Å². The van der Waals surface area contributed by atoms with Gasteiger partial charge in [0.05, 0.1) is 13.2 Å². The van der Waals surface area contributed by atoms with E-state index in [9.17, 15) is 24.3 Å². The lowest BCUT2D eigenvalue weighted by atomic mass is 9.76. The molecule has 0 bridgehead atoms. The van der Waals surface area contributed by atoms with Crippen molar-refractivity contribution in [2.45, 2.75) is 56.9 Å². The number of fused-ring (bicyclic) bond motifs is 1. The van der Waals surface area contributed by atoms with E-state index in [1.165, 1.54) is 11.1 Å². The van der Waals surface area contributed by atoms with Crippen molar-refractivity contribution in [1.82, 2.24) is 15.1 Å². The van der Waals surface area contributed by atoms with Crippen LogP contribution in [0.2, 0.25) is 0 Å². The zero-order valence-electron chi connectivity index (χ0n) is 31.2. The van der Waals surface area contributed by atoms with E-state index in [2.05, 4.69) is 63.6 Å². The highest BCUT2D eigenvalue weighted by Gasteiger charge is 2.36. The number of nitrogens with one attached hydrogen (secondary N) is 1. The van der Waals surface area contributed by atoms with Crippen molar-refractivity contribution >= 4 is 29.8 Å². The van der Waals surface area contributed by atoms with Gasteiger partial charge in [0.15, 0.2) is 0 Å². The van der Waals surface area contributed by atoms with Crippen LogP contribution in [0, 0.1) is 6.92 Å². The molecule has 3 aliphatic heterocycles. The average Bonchev–Trinajstić information content (AvgIpc) is 3.20. The van der Waals surface area contributed by atoms with Gasteiger partial charge in [-0.2, -0.15) is 0 Å². The Labute approximate surface area is 321 Å². The Morgan fingerprint density at radius 1 is 0.927 bits per heavy atom. The summed E-state index contributed by atoms with van der Waals surface area (Å²) in [7, 11) is 0. The molecule has 2 fully saturated rings. The Balaban J connectivity index is 0.842. The molecule has 3 heterocycles. The summed E-state index contributed by atoms with van der Waals surface area (Å²) in [5.41, 5.74) is 5.59. The first-order valence-corrected chi connectivity index (χ1v) is 19.2. The Hall–Kier alpha value is -5.68. The van der Waals surface area contributed by atoms with Gasteiger partial charge in [0.25, 0.3) is 5.91 Å². The molecule has 2 N–H and O–H groups in total. The predicted octanol–water partition coefficient (Wildman–Crippen LogP) is 5.78. The molecule has 0 saturated carbocycles. The lowest BCUT2D eigenvalue weighted by Gasteiger charge is -2.36. The number of amides is 4. The van der Waals surface area contributed by atoms with Gasteiger partial charge in [-0.15, -0.1) is 0 Å². The summed E-state index contributed by atoms with van der Waals surface area (Å²) in [5, 5.41) is 12.3. The van der Waals surface area contributed by atoms with Crippen molar-refractivity contribution < 1.29 is 33.8 Å². The highest BCUT2D eigenvalue weighted by molar-refractivity contribution is 6.07. The van der Waals surface area contributed by atoms with Gasteiger partial charge in [-0.3, -0.25) is 34.3 Å². The lowest BCUT2D eigenvalue weighted by molar-refractivity contribution is -0.139. The Kier molecular flexibility index (Phi) is 11.8. The van der Waals surface area contributed by atoms with Gasteiger partial charge in [0, 0.05) is 67.3 Å². The number of imide groups is 2. The van der Waals surface area contributed by atoms with Crippen molar-refractivity contribution in [3.63, 3.8) is 0 Å². The van der Waals surface area contributed by atoms with Crippen LogP contribution in [0.4, 0.5) is 5.69 Å². The molecule has 0 radical (unpaired) electrons. The van der Waals surface area contributed by atoms with Crippen LogP contribution in [0.1, 0.15) is 76.6 Å². The maximum atomic E-state index is 13.2. The van der Waals surface area contributed by atoms with Crippen LogP contribution < -0.4 is 19.7 Å². The summed E-state index contributed by atoms with van der Waals surface area (Å²) < 4.78 is 12.3. The van der Waals surface area contributed by atoms with Crippen LogP contribution in [0.5, 0.6) is 17.2 Å². The first-order valence-electron chi connectivity index (χ1n) is 19.2. The SMILES string of the molecule is Cc1cc(N2CCN(CCCCCOc3ccc(C4c5ccc(O)cc5OCC4c4ccccc4)cc3)CC2)ccc1C(=O)N(C=O)C1CCC(=O)NC1=O. The number of unbranched alkanes of at least 4 members (excludes halogenated alkanes) is 2. The second-order valence-corrected chi connectivity index (χ2v) is 14.6. The van der Waals surface area contributed by atoms with Gasteiger partial charge < -0.3 is 19.5 Å². The lowest BCUT2D eigenvalue weighted by Crippen LogP contribution is -2.53. The third-order valence-corrected chi connectivity index (χ3v) is 11.1. The maximum absolute atomic E-state index is 13.2. The average molecular weight is 745 g/mol. The third kappa shape index (κ3) is 8.67. The second kappa shape index (κ2) is 17.2. The molecule has 4 amide bonds. The van der Waals surface area contributed by atoms with Crippen LogP contribution in [0.25, 0.3) is 0 Å². The van der Waals surface area contributed by atoms with Gasteiger partial charge in [-0.25, -0.2) is 0 Å². The van der Waals surface area contributed by atoms with Gasteiger partial charge in [-0.05, 0) is 92.2 Å². The highest BCUT2D eigenvalue weighted by Crippen LogP contribution is 2.47. The summed E-state index contributed by atoms with van der Waals surface area (Å²) in [6.45, 7) is 7.70. The Morgan fingerprint density at radius 3 is 2.44 bits per heavy atom. The number of rotatable bonds is 13. The molecule has 55 heavy (non-hydrogen) atoms. The molecule has 4 aromatic rings. The van der Waals surface area contributed by atoms with Gasteiger partial charge in [0.1, 0.15) is 23.3 Å². The van der Waals surface area contributed by atoms with Gasteiger partial charge in [-0.1, -0.05) is 48.5 Å². The molecular formula is C44H48N4O7. The van der Waals surface area contributed by atoms with Crippen LogP contribution in [-0.2, 0) is 14.4 Å². The van der Waals surface area contributed by atoms with E-state index in [1.54, 1.807) is 18.2 Å². The van der Waals surface area contributed by atoms with Crippen molar-refractivity contribution in [2.24, 2.45) is 0 Å². The normalized spacial score (nSPS) is 19.9. The number of piperidine rings is 1. The van der Waals surface area contributed by atoms with Crippen LogP contribution in [0.15, 0.2) is 91.0 Å². The molecule has 7 rings (SSSR count).